The van der Waals surface area contributed by atoms with Gasteiger partial charge in [-0.05, 0) is 46.5 Å². The van der Waals surface area contributed by atoms with E-state index in [-0.39, 0.29) is 17.4 Å². The second-order valence-electron chi connectivity index (χ2n) is 5.15. The Labute approximate surface area is 128 Å². The Morgan fingerprint density at radius 1 is 1.50 bits per heavy atom. The summed E-state index contributed by atoms with van der Waals surface area (Å²) in [5.74, 6) is 0.768. The molecule has 1 heterocycles. The molecule has 0 aliphatic carbocycles. The van der Waals surface area contributed by atoms with Crippen LogP contribution in [-0.4, -0.2) is 31.6 Å². The van der Waals surface area contributed by atoms with E-state index < -0.39 is 15.9 Å². The Morgan fingerprint density at radius 2 is 2.25 bits per heavy atom. The van der Waals surface area contributed by atoms with Crippen LogP contribution in [-0.2, 0) is 9.84 Å². The molecule has 0 amide bonds. The Kier molecular flexibility index (Phi) is 5.09. The van der Waals surface area contributed by atoms with E-state index in [1.165, 1.54) is 0 Å². The number of rotatable bonds is 5. The molecular formula is C14H19BrO4S. The first-order valence-electron chi connectivity index (χ1n) is 6.73. The minimum absolute atomic E-state index is 0.0693. The van der Waals surface area contributed by atoms with Gasteiger partial charge in [-0.25, -0.2) is 8.42 Å². The smallest absolute Gasteiger partial charge is 0.150 e. The molecule has 1 aliphatic rings. The van der Waals surface area contributed by atoms with Crippen LogP contribution >= 0.6 is 15.9 Å². The van der Waals surface area contributed by atoms with Gasteiger partial charge in [0.05, 0.1) is 28.7 Å². The molecule has 1 N–H and O–H groups in total. The summed E-state index contributed by atoms with van der Waals surface area (Å²) in [5.41, 5.74) is 0.725. The van der Waals surface area contributed by atoms with Crippen LogP contribution in [0, 0.1) is 5.92 Å². The van der Waals surface area contributed by atoms with Crippen molar-refractivity contribution < 1.29 is 18.3 Å². The van der Waals surface area contributed by atoms with Crippen LogP contribution < -0.4 is 4.74 Å². The number of aliphatic hydroxyl groups excluding tert-OH is 1. The van der Waals surface area contributed by atoms with Gasteiger partial charge in [0.15, 0.2) is 9.84 Å². The van der Waals surface area contributed by atoms with E-state index in [9.17, 15) is 13.5 Å². The molecule has 1 saturated heterocycles. The lowest BCUT2D eigenvalue weighted by Crippen LogP contribution is -2.14. The monoisotopic (exact) mass is 362 g/mol. The number of hydrogen-bond acceptors (Lipinski definition) is 4. The van der Waals surface area contributed by atoms with Crippen molar-refractivity contribution in [2.45, 2.75) is 25.9 Å². The summed E-state index contributed by atoms with van der Waals surface area (Å²) in [5, 5.41) is 10.3. The van der Waals surface area contributed by atoms with E-state index in [4.69, 9.17) is 4.74 Å². The molecule has 2 atom stereocenters. The number of hydrogen-bond donors (Lipinski definition) is 1. The Bertz CT molecular complexity index is 571. The molecule has 1 aromatic rings. The SMILES string of the molecule is CCCOc1ccc(C(O)C2CCS(=O)(=O)C2)cc1Br. The maximum Gasteiger partial charge on any atom is 0.150 e. The van der Waals surface area contributed by atoms with Crippen LogP contribution in [0.1, 0.15) is 31.4 Å². The molecule has 6 heteroatoms. The van der Waals surface area contributed by atoms with Gasteiger partial charge in [-0.3, -0.25) is 0 Å². The van der Waals surface area contributed by atoms with Gasteiger partial charge < -0.3 is 9.84 Å². The van der Waals surface area contributed by atoms with E-state index in [0.29, 0.717) is 13.0 Å². The predicted molar refractivity (Wildman–Crippen MR) is 81.6 cm³/mol. The average Bonchev–Trinajstić information content (AvgIpc) is 2.77. The van der Waals surface area contributed by atoms with Gasteiger partial charge in [0.1, 0.15) is 5.75 Å². The Morgan fingerprint density at radius 3 is 2.80 bits per heavy atom. The van der Waals surface area contributed by atoms with Crippen molar-refractivity contribution in [2.24, 2.45) is 5.92 Å². The molecule has 2 rings (SSSR count). The summed E-state index contributed by atoms with van der Waals surface area (Å²) in [4.78, 5) is 0. The first-order chi connectivity index (χ1) is 9.43. The largest absolute Gasteiger partial charge is 0.492 e. The number of ether oxygens (including phenoxy) is 1. The molecule has 4 nitrogen and oxygen atoms in total. The van der Waals surface area contributed by atoms with Crippen molar-refractivity contribution in [3.63, 3.8) is 0 Å². The fourth-order valence-electron chi connectivity index (χ4n) is 2.38. The third-order valence-corrected chi connectivity index (χ3v) is 5.89. The summed E-state index contributed by atoms with van der Waals surface area (Å²) in [7, 11) is -2.98. The van der Waals surface area contributed by atoms with E-state index in [1.807, 2.05) is 13.0 Å². The zero-order valence-electron chi connectivity index (χ0n) is 11.4. The van der Waals surface area contributed by atoms with Gasteiger partial charge in [0, 0.05) is 5.92 Å². The fourth-order valence-corrected chi connectivity index (χ4v) is 4.72. The normalized spacial score (nSPS) is 22.6. The van der Waals surface area contributed by atoms with Gasteiger partial charge in [-0.15, -0.1) is 0 Å². The van der Waals surface area contributed by atoms with Crippen LogP contribution in [0.15, 0.2) is 22.7 Å². The highest BCUT2D eigenvalue weighted by atomic mass is 79.9. The molecule has 0 bridgehead atoms. The molecule has 2 unspecified atom stereocenters. The van der Waals surface area contributed by atoms with Gasteiger partial charge in [-0.1, -0.05) is 13.0 Å². The van der Waals surface area contributed by atoms with Gasteiger partial charge >= 0.3 is 0 Å². The first kappa shape index (κ1) is 15.8. The highest BCUT2D eigenvalue weighted by Gasteiger charge is 2.33. The van der Waals surface area contributed by atoms with Crippen LogP contribution in [0.25, 0.3) is 0 Å². The molecule has 112 valence electrons. The summed E-state index contributed by atoms with van der Waals surface area (Å²) < 4.78 is 29.3. The number of aliphatic hydroxyl groups is 1. The lowest BCUT2D eigenvalue weighted by Gasteiger charge is -2.18. The number of benzene rings is 1. The molecule has 0 aromatic heterocycles. The van der Waals surface area contributed by atoms with E-state index in [0.717, 1.165) is 22.2 Å². The highest BCUT2D eigenvalue weighted by Crippen LogP contribution is 2.35. The lowest BCUT2D eigenvalue weighted by atomic mass is 9.95. The molecule has 20 heavy (non-hydrogen) atoms. The molecule has 1 aliphatic heterocycles. The number of sulfone groups is 1. The third kappa shape index (κ3) is 3.74. The molecule has 0 radical (unpaired) electrons. The molecule has 1 aromatic carbocycles. The maximum absolute atomic E-state index is 11.5. The minimum Gasteiger partial charge on any atom is -0.492 e. The van der Waals surface area contributed by atoms with E-state index >= 15 is 0 Å². The standard InChI is InChI=1S/C14H19BrO4S/c1-2-6-19-13-4-3-10(8-12(13)15)14(16)11-5-7-20(17,18)9-11/h3-4,8,11,14,16H,2,5-7,9H2,1H3. The highest BCUT2D eigenvalue weighted by molar-refractivity contribution is 9.10. The van der Waals surface area contributed by atoms with Crippen molar-refractivity contribution in [3.05, 3.63) is 28.2 Å². The van der Waals surface area contributed by atoms with Crippen molar-refractivity contribution in [1.29, 1.82) is 0 Å². The maximum atomic E-state index is 11.5. The fraction of sp³-hybridized carbons (Fsp3) is 0.571. The topological polar surface area (TPSA) is 63.6 Å². The number of halogens is 1. The van der Waals surface area contributed by atoms with Gasteiger partial charge in [0.2, 0.25) is 0 Å². The van der Waals surface area contributed by atoms with Crippen molar-refractivity contribution in [3.8, 4) is 5.75 Å². The summed E-state index contributed by atoms with van der Waals surface area (Å²) in [6.07, 6.45) is 0.704. The van der Waals surface area contributed by atoms with Crippen LogP contribution in [0.4, 0.5) is 0 Å². The van der Waals surface area contributed by atoms with Gasteiger partial charge in [0.25, 0.3) is 0 Å². The quantitative estimate of drug-likeness (QED) is 0.874. The third-order valence-electron chi connectivity index (χ3n) is 3.47. The zero-order valence-corrected chi connectivity index (χ0v) is 13.8. The van der Waals surface area contributed by atoms with E-state index in [1.54, 1.807) is 12.1 Å². The Hall–Kier alpha value is -0.590. The Balaban J connectivity index is 2.11. The van der Waals surface area contributed by atoms with Gasteiger partial charge in [-0.2, -0.15) is 0 Å². The van der Waals surface area contributed by atoms with Crippen molar-refractivity contribution in [2.75, 3.05) is 18.1 Å². The summed E-state index contributed by atoms with van der Waals surface area (Å²) in [6.45, 7) is 2.67. The van der Waals surface area contributed by atoms with E-state index in [2.05, 4.69) is 15.9 Å². The van der Waals surface area contributed by atoms with Crippen molar-refractivity contribution >= 4 is 25.8 Å². The lowest BCUT2D eigenvalue weighted by molar-refractivity contribution is 0.121. The second kappa shape index (κ2) is 6.45. The van der Waals surface area contributed by atoms with Crippen LogP contribution in [0.3, 0.4) is 0 Å². The molecule has 0 saturated carbocycles. The second-order valence-corrected chi connectivity index (χ2v) is 8.23. The molecule has 0 spiro atoms. The predicted octanol–water partition coefficient (Wildman–Crippen LogP) is 2.71. The average molecular weight is 363 g/mol. The molecule has 1 fully saturated rings. The van der Waals surface area contributed by atoms with Crippen molar-refractivity contribution in [1.82, 2.24) is 0 Å². The minimum atomic E-state index is -2.98. The van der Waals surface area contributed by atoms with Crippen LogP contribution in [0.2, 0.25) is 0 Å². The first-order valence-corrected chi connectivity index (χ1v) is 9.35. The summed E-state index contributed by atoms with van der Waals surface area (Å²) >= 11 is 3.42. The molecular weight excluding hydrogens is 344 g/mol. The van der Waals surface area contributed by atoms with Crippen LogP contribution in [0.5, 0.6) is 5.75 Å². The zero-order chi connectivity index (χ0) is 14.8. The summed E-state index contributed by atoms with van der Waals surface area (Å²) in [6, 6.07) is 5.41.